The number of ether oxygens (including phenoxy) is 1. The van der Waals surface area contributed by atoms with Gasteiger partial charge in [-0.25, -0.2) is 5.84 Å². The molecule has 0 unspecified atom stereocenters. The number of rotatable bonds is 5. The van der Waals surface area contributed by atoms with Crippen LogP contribution in [0, 0.1) is 5.92 Å². The number of hydrogen-bond donors (Lipinski definition) is 2. The molecule has 1 aliphatic carbocycles. The molecule has 1 aromatic heterocycles. The maximum atomic E-state index is 5.57. The molecule has 21 heavy (non-hydrogen) atoms. The molecule has 2 rings (SSSR count). The second-order valence-electron chi connectivity index (χ2n) is 6.08. The quantitative estimate of drug-likeness (QED) is 0.633. The Labute approximate surface area is 126 Å². The molecule has 0 radical (unpaired) electrons. The Bertz CT molecular complexity index is 459. The normalized spacial score (nSPS) is 22.2. The summed E-state index contributed by atoms with van der Waals surface area (Å²) in [5.74, 6) is 7.18. The number of aromatic nitrogens is 3. The van der Waals surface area contributed by atoms with Gasteiger partial charge in [0.05, 0.1) is 6.10 Å². The van der Waals surface area contributed by atoms with Crippen LogP contribution in [0.3, 0.4) is 0 Å². The van der Waals surface area contributed by atoms with Crippen LogP contribution in [0.2, 0.25) is 0 Å². The average Bonchev–Trinajstić information content (AvgIpc) is 2.46. The van der Waals surface area contributed by atoms with Crippen LogP contribution in [-0.2, 0) is 0 Å². The molecule has 1 heterocycles. The summed E-state index contributed by atoms with van der Waals surface area (Å²) in [4.78, 5) is 15.0. The Morgan fingerprint density at radius 2 is 1.86 bits per heavy atom. The summed E-state index contributed by atoms with van der Waals surface area (Å²) in [6.07, 6.45) is 4.82. The van der Waals surface area contributed by atoms with E-state index in [1.54, 1.807) is 0 Å². The molecule has 0 atom stereocenters. The monoisotopic (exact) mass is 294 g/mol. The number of hydrogen-bond acceptors (Lipinski definition) is 7. The number of hydrazine groups is 1. The zero-order valence-corrected chi connectivity index (χ0v) is 13.3. The molecule has 1 aliphatic rings. The Kier molecular flexibility index (Phi) is 5.17. The maximum Gasteiger partial charge on any atom is 0.323 e. The van der Waals surface area contributed by atoms with Crippen LogP contribution in [0.4, 0.5) is 11.9 Å². The lowest BCUT2D eigenvalue weighted by Gasteiger charge is -2.33. The van der Waals surface area contributed by atoms with Crippen LogP contribution >= 0.6 is 0 Å². The number of anilines is 2. The fraction of sp³-hybridized carbons (Fsp3) is 0.786. The Balaban J connectivity index is 2.17. The van der Waals surface area contributed by atoms with Gasteiger partial charge in [0.1, 0.15) is 0 Å². The van der Waals surface area contributed by atoms with Gasteiger partial charge in [0, 0.05) is 13.1 Å². The van der Waals surface area contributed by atoms with Gasteiger partial charge in [-0.3, -0.25) is 5.43 Å². The fourth-order valence-corrected chi connectivity index (χ4v) is 2.62. The van der Waals surface area contributed by atoms with Crippen molar-refractivity contribution in [1.29, 1.82) is 0 Å². The summed E-state index contributed by atoms with van der Waals surface area (Å²) in [5, 5.41) is 0. The molecule has 1 aromatic rings. The first kappa shape index (κ1) is 15.8. The van der Waals surface area contributed by atoms with E-state index in [2.05, 4.69) is 32.2 Å². The molecule has 0 aliphatic heterocycles. The third kappa shape index (κ3) is 4.17. The molecular formula is C14H26N6O. The van der Waals surface area contributed by atoms with E-state index in [4.69, 9.17) is 10.6 Å². The molecule has 1 saturated carbocycles. The minimum Gasteiger partial charge on any atom is -0.461 e. The molecule has 7 nitrogen and oxygen atoms in total. The smallest absolute Gasteiger partial charge is 0.323 e. The molecule has 118 valence electrons. The van der Waals surface area contributed by atoms with Crippen molar-refractivity contribution < 1.29 is 4.74 Å². The van der Waals surface area contributed by atoms with E-state index in [1.165, 1.54) is 12.8 Å². The van der Waals surface area contributed by atoms with Crippen LogP contribution in [-0.4, -0.2) is 34.1 Å². The first-order valence-corrected chi connectivity index (χ1v) is 7.61. The van der Waals surface area contributed by atoms with Crippen molar-refractivity contribution in [2.75, 3.05) is 17.4 Å². The van der Waals surface area contributed by atoms with Crippen LogP contribution < -0.4 is 20.9 Å². The second kappa shape index (κ2) is 6.89. The first-order valence-electron chi connectivity index (χ1n) is 7.61. The van der Waals surface area contributed by atoms with Gasteiger partial charge in [-0.2, -0.15) is 15.0 Å². The average molecular weight is 294 g/mol. The summed E-state index contributed by atoms with van der Waals surface area (Å²) in [5.41, 5.74) is 2.48. The van der Waals surface area contributed by atoms with E-state index < -0.39 is 0 Å². The highest BCUT2D eigenvalue weighted by atomic mass is 16.5. The third-order valence-corrected chi connectivity index (χ3v) is 3.92. The van der Waals surface area contributed by atoms with Gasteiger partial charge in [-0.1, -0.05) is 6.92 Å². The van der Waals surface area contributed by atoms with Crippen molar-refractivity contribution >= 4 is 11.9 Å². The molecule has 0 spiro atoms. The van der Waals surface area contributed by atoms with Crippen molar-refractivity contribution in [1.82, 2.24) is 15.0 Å². The molecular weight excluding hydrogens is 268 g/mol. The Morgan fingerprint density at radius 1 is 1.19 bits per heavy atom. The highest BCUT2D eigenvalue weighted by molar-refractivity contribution is 5.38. The van der Waals surface area contributed by atoms with Gasteiger partial charge in [0.15, 0.2) is 0 Å². The number of nitrogens with two attached hydrogens (primary N) is 1. The summed E-state index contributed by atoms with van der Waals surface area (Å²) in [6.45, 7) is 6.18. The molecule has 0 saturated heterocycles. The van der Waals surface area contributed by atoms with E-state index in [0.29, 0.717) is 23.9 Å². The van der Waals surface area contributed by atoms with Crippen LogP contribution in [0.5, 0.6) is 6.01 Å². The van der Waals surface area contributed by atoms with Gasteiger partial charge in [-0.15, -0.1) is 0 Å². The summed E-state index contributed by atoms with van der Waals surface area (Å²) >= 11 is 0. The summed E-state index contributed by atoms with van der Waals surface area (Å²) in [6, 6.07) is 0.764. The predicted molar refractivity (Wildman–Crippen MR) is 83.2 cm³/mol. The van der Waals surface area contributed by atoms with Gasteiger partial charge in [0.25, 0.3) is 0 Å². The summed E-state index contributed by atoms with van der Waals surface area (Å²) in [7, 11) is 2.02. The molecule has 0 aromatic carbocycles. The molecule has 7 heteroatoms. The summed E-state index contributed by atoms with van der Waals surface area (Å²) < 4.78 is 5.57. The predicted octanol–water partition coefficient (Wildman–Crippen LogP) is 1.96. The highest BCUT2D eigenvalue weighted by Crippen LogP contribution is 2.28. The largest absolute Gasteiger partial charge is 0.461 e. The number of nitrogen functional groups attached to an aromatic ring is 1. The highest BCUT2D eigenvalue weighted by Gasteiger charge is 2.24. The topological polar surface area (TPSA) is 89.2 Å². The van der Waals surface area contributed by atoms with E-state index in [0.717, 1.165) is 18.8 Å². The van der Waals surface area contributed by atoms with Gasteiger partial charge in [0.2, 0.25) is 11.9 Å². The van der Waals surface area contributed by atoms with Gasteiger partial charge >= 0.3 is 6.01 Å². The van der Waals surface area contributed by atoms with E-state index in [9.17, 15) is 0 Å². The lowest BCUT2D eigenvalue weighted by atomic mass is 9.87. The number of nitrogens with one attached hydrogen (secondary N) is 1. The van der Waals surface area contributed by atoms with E-state index in [-0.39, 0.29) is 6.10 Å². The Morgan fingerprint density at radius 3 is 2.43 bits per heavy atom. The van der Waals surface area contributed by atoms with Crippen LogP contribution in [0.15, 0.2) is 0 Å². The first-order chi connectivity index (χ1) is 9.99. The lowest BCUT2D eigenvalue weighted by molar-refractivity contribution is 0.221. The zero-order chi connectivity index (χ0) is 15.4. The maximum absolute atomic E-state index is 5.57. The van der Waals surface area contributed by atoms with Crippen LogP contribution in [0.25, 0.3) is 0 Å². The molecule has 1 fully saturated rings. The van der Waals surface area contributed by atoms with E-state index >= 15 is 0 Å². The second-order valence-corrected chi connectivity index (χ2v) is 6.08. The Hall–Kier alpha value is -1.63. The lowest BCUT2D eigenvalue weighted by Crippen LogP contribution is -2.36. The van der Waals surface area contributed by atoms with Crippen molar-refractivity contribution in [3.05, 3.63) is 0 Å². The van der Waals surface area contributed by atoms with Gasteiger partial charge in [-0.05, 0) is 45.4 Å². The van der Waals surface area contributed by atoms with Crippen LogP contribution in [0.1, 0.15) is 46.5 Å². The van der Waals surface area contributed by atoms with E-state index in [1.807, 2.05) is 20.9 Å². The molecule has 0 amide bonds. The SMILES string of the molecule is CC1CCC(N(C)c2nc(NN)nc(OC(C)C)n2)CC1. The van der Waals surface area contributed by atoms with Crippen molar-refractivity contribution in [3.63, 3.8) is 0 Å². The molecule has 0 bridgehead atoms. The standard InChI is InChI=1S/C14H26N6O/c1-9(2)21-14-17-12(19-15)16-13(18-14)20(4)11-7-5-10(3)6-8-11/h9-11H,5-8,15H2,1-4H3,(H,16,17,18,19). The third-order valence-electron chi connectivity index (χ3n) is 3.92. The van der Waals surface area contributed by atoms with Crippen molar-refractivity contribution in [2.45, 2.75) is 58.6 Å². The zero-order valence-electron chi connectivity index (χ0n) is 13.3. The minimum atomic E-state index is 0.00621. The number of nitrogens with zero attached hydrogens (tertiary/aromatic N) is 4. The van der Waals surface area contributed by atoms with Crippen molar-refractivity contribution in [2.24, 2.45) is 11.8 Å². The minimum absolute atomic E-state index is 0.00621. The molecule has 3 N–H and O–H groups in total. The van der Waals surface area contributed by atoms with Crippen molar-refractivity contribution in [3.8, 4) is 6.01 Å². The van der Waals surface area contributed by atoms with Gasteiger partial charge < -0.3 is 9.64 Å². The fourth-order valence-electron chi connectivity index (χ4n) is 2.62.